The molecule has 0 rings (SSSR count). The Kier molecular flexibility index (Phi) is 3.96. The van der Waals surface area contributed by atoms with E-state index in [9.17, 15) is 4.79 Å². The van der Waals surface area contributed by atoms with E-state index in [2.05, 4.69) is 11.9 Å². The lowest BCUT2D eigenvalue weighted by atomic mass is 9.97. The van der Waals surface area contributed by atoms with Gasteiger partial charge in [0.1, 0.15) is 0 Å². The van der Waals surface area contributed by atoms with Crippen molar-refractivity contribution in [3.05, 3.63) is 12.2 Å². The predicted molar refractivity (Wildman–Crippen MR) is 48.7 cm³/mol. The molecular weight excluding hydrogens is 154 g/mol. The van der Waals surface area contributed by atoms with Gasteiger partial charge < -0.3 is 10.4 Å². The van der Waals surface area contributed by atoms with Crippen LogP contribution in [-0.4, -0.2) is 24.2 Å². The minimum Gasteiger partial charge on any atom is -0.391 e. The quantitative estimate of drug-likeness (QED) is 0.614. The maximum Gasteiger partial charge on any atom is 0.248 e. The van der Waals surface area contributed by atoms with Crippen LogP contribution in [0.25, 0.3) is 0 Å². The third-order valence-electron chi connectivity index (χ3n) is 1.29. The normalized spacial score (nSPS) is 11.0. The molecule has 0 aliphatic rings. The monoisotopic (exact) mass is 171 g/mol. The maximum atomic E-state index is 11.1. The van der Waals surface area contributed by atoms with Gasteiger partial charge in [0, 0.05) is 12.1 Å². The fourth-order valence-electron chi connectivity index (χ4n) is 0.542. The van der Waals surface area contributed by atoms with E-state index in [0.717, 1.165) is 0 Å². The molecule has 0 radical (unpaired) electrons. The van der Waals surface area contributed by atoms with Crippen molar-refractivity contribution in [2.45, 2.75) is 20.8 Å². The summed E-state index contributed by atoms with van der Waals surface area (Å²) in [4.78, 5) is 11.1. The summed E-state index contributed by atoms with van der Waals surface area (Å²) in [6, 6.07) is 0. The number of hydrogen-bond donors (Lipinski definition) is 2. The molecular formula is C9H17NO2. The van der Waals surface area contributed by atoms with Crippen molar-refractivity contribution in [1.82, 2.24) is 5.32 Å². The molecule has 2 N–H and O–H groups in total. The zero-order valence-corrected chi connectivity index (χ0v) is 7.98. The number of amides is 1. The SMILES string of the molecule is C=C(CO)C(=O)NCC(C)(C)C. The van der Waals surface area contributed by atoms with Crippen molar-refractivity contribution in [1.29, 1.82) is 0 Å². The van der Waals surface area contributed by atoms with Crippen LogP contribution in [-0.2, 0) is 4.79 Å². The van der Waals surface area contributed by atoms with E-state index in [1.54, 1.807) is 0 Å². The second kappa shape index (κ2) is 4.26. The molecule has 0 heterocycles. The maximum absolute atomic E-state index is 11.1. The first-order valence-electron chi connectivity index (χ1n) is 3.93. The Morgan fingerprint density at radius 1 is 1.50 bits per heavy atom. The zero-order chi connectivity index (χ0) is 9.78. The standard InChI is InChI=1S/C9H17NO2/c1-7(5-11)8(12)10-6-9(2,3)4/h11H,1,5-6H2,2-4H3,(H,10,12). The van der Waals surface area contributed by atoms with Gasteiger partial charge in [0.15, 0.2) is 0 Å². The summed E-state index contributed by atoms with van der Waals surface area (Å²) in [6.45, 7) is 9.79. The number of aliphatic hydroxyl groups excluding tert-OH is 1. The number of nitrogens with one attached hydrogen (secondary N) is 1. The van der Waals surface area contributed by atoms with Crippen LogP contribution in [0.1, 0.15) is 20.8 Å². The van der Waals surface area contributed by atoms with Gasteiger partial charge in [0.05, 0.1) is 6.61 Å². The molecule has 3 heteroatoms. The van der Waals surface area contributed by atoms with Crippen molar-refractivity contribution in [3.8, 4) is 0 Å². The Morgan fingerprint density at radius 3 is 2.33 bits per heavy atom. The molecule has 0 aromatic heterocycles. The molecule has 0 spiro atoms. The van der Waals surface area contributed by atoms with Crippen LogP contribution >= 0.6 is 0 Å². The fourth-order valence-corrected chi connectivity index (χ4v) is 0.542. The van der Waals surface area contributed by atoms with Gasteiger partial charge in [-0.3, -0.25) is 4.79 Å². The molecule has 0 bridgehead atoms. The molecule has 3 nitrogen and oxygen atoms in total. The van der Waals surface area contributed by atoms with Crippen LogP contribution < -0.4 is 5.32 Å². The summed E-state index contributed by atoms with van der Waals surface area (Å²) in [6.07, 6.45) is 0. The van der Waals surface area contributed by atoms with Crippen molar-refractivity contribution >= 4 is 5.91 Å². The average molecular weight is 171 g/mol. The number of aliphatic hydroxyl groups is 1. The molecule has 0 saturated heterocycles. The molecule has 1 amide bonds. The summed E-state index contributed by atoms with van der Waals surface area (Å²) in [5, 5.41) is 11.2. The predicted octanol–water partition coefficient (Wildman–Crippen LogP) is 0.697. The Bertz CT molecular complexity index is 179. The molecule has 0 aromatic rings. The Labute approximate surface area is 73.5 Å². The van der Waals surface area contributed by atoms with Crippen molar-refractivity contribution in [3.63, 3.8) is 0 Å². The van der Waals surface area contributed by atoms with Crippen LogP contribution in [0.15, 0.2) is 12.2 Å². The zero-order valence-electron chi connectivity index (χ0n) is 7.98. The van der Waals surface area contributed by atoms with E-state index in [0.29, 0.717) is 6.54 Å². The molecule has 12 heavy (non-hydrogen) atoms. The van der Waals surface area contributed by atoms with Crippen LogP contribution in [0.2, 0.25) is 0 Å². The number of carbonyl (C=O) groups excluding carboxylic acids is 1. The fraction of sp³-hybridized carbons (Fsp3) is 0.667. The van der Waals surface area contributed by atoms with Crippen molar-refractivity contribution in [2.75, 3.05) is 13.2 Å². The van der Waals surface area contributed by atoms with Crippen molar-refractivity contribution < 1.29 is 9.90 Å². The van der Waals surface area contributed by atoms with E-state index in [1.165, 1.54) is 0 Å². The number of hydrogen-bond acceptors (Lipinski definition) is 2. The second-order valence-electron chi connectivity index (χ2n) is 4.01. The van der Waals surface area contributed by atoms with Gasteiger partial charge in [-0.05, 0) is 5.41 Å². The third kappa shape index (κ3) is 4.91. The van der Waals surface area contributed by atoms with E-state index in [1.807, 2.05) is 20.8 Å². The van der Waals surface area contributed by atoms with Crippen LogP contribution in [0.5, 0.6) is 0 Å². The number of rotatable bonds is 3. The van der Waals surface area contributed by atoms with Crippen molar-refractivity contribution in [2.24, 2.45) is 5.41 Å². The third-order valence-corrected chi connectivity index (χ3v) is 1.29. The first kappa shape index (κ1) is 11.2. The van der Waals surface area contributed by atoms with Gasteiger partial charge in [0.25, 0.3) is 0 Å². The summed E-state index contributed by atoms with van der Waals surface area (Å²) in [7, 11) is 0. The first-order valence-corrected chi connectivity index (χ1v) is 3.93. The van der Waals surface area contributed by atoms with Gasteiger partial charge >= 0.3 is 0 Å². The lowest BCUT2D eigenvalue weighted by molar-refractivity contribution is -0.118. The number of carbonyl (C=O) groups is 1. The molecule has 0 aromatic carbocycles. The van der Waals surface area contributed by atoms with Crippen LogP contribution in [0, 0.1) is 5.41 Å². The second-order valence-corrected chi connectivity index (χ2v) is 4.01. The van der Waals surface area contributed by atoms with E-state index >= 15 is 0 Å². The highest BCUT2D eigenvalue weighted by Crippen LogP contribution is 2.10. The molecule has 0 unspecified atom stereocenters. The molecule has 0 aliphatic heterocycles. The van der Waals surface area contributed by atoms with Crippen LogP contribution in [0.3, 0.4) is 0 Å². The summed E-state index contributed by atoms with van der Waals surface area (Å²) in [5.41, 5.74) is 0.269. The topological polar surface area (TPSA) is 49.3 Å². The molecule has 0 saturated carbocycles. The molecule has 70 valence electrons. The highest BCUT2D eigenvalue weighted by molar-refractivity contribution is 5.92. The van der Waals surface area contributed by atoms with E-state index in [4.69, 9.17) is 5.11 Å². The summed E-state index contributed by atoms with van der Waals surface area (Å²) in [5.74, 6) is -0.271. The minimum atomic E-state index is -0.282. The van der Waals surface area contributed by atoms with E-state index < -0.39 is 0 Å². The van der Waals surface area contributed by atoms with E-state index in [-0.39, 0.29) is 23.5 Å². The van der Waals surface area contributed by atoms with Crippen LogP contribution in [0.4, 0.5) is 0 Å². The Hall–Kier alpha value is -0.830. The highest BCUT2D eigenvalue weighted by Gasteiger charge is 2.12. The summed E-state index contributed by atoms with van der Waals surface area (Å²) >= 11 is 0. The van der Waals surface area contributed by atoms with Gasteiger partial charge in [-0.15, -0.1) is 0 Å². The van der Waals surface area contributed by atoms with Gasteiger partial charge in [-0.2, -0.15) is 0 Å². The Balaban J connectivity index is 3.80. The first-order chi connectivity index (χ1) is 5.37. The lowest BCUT2D eigenvalue weighted by Crippen LogP contribution is -2.33. The smallest absolute Gasteiger partial charge is 0.248 e. The minimum absolute atomic E-state index is 0.0609. The molecule has 0 aliphatic carbocycles. The average Bonchev–Trinajstić information content (AvgIpc) is 1.97. The Morgan fingerprint density at radius 2 is 2.00 bits per heavy atom. The molecule has 0 fully saturated rings. The lowest BCUT2D eigenvalue weighted by Gasteiger charge is -2.18. The summed E-state index contributed by atoms with van der Waals surface area (Å²) < 4.78 is 0. The molecule has 0 atom stereocenters. The van der Waals surface area contributed by atoms with Gasteiger partial charge in [0.2, 0.25) is 5.91 Å². The van der Waals surface area contributed by atoms with Gasteiger partial charge in [-0.1, -0.05) is 27.4 Å². The largest absolute Gasteiger partial charge is 0.391 e. The van der Waals surface area contributed by atoms with Gasteiger partial charge in [-0.25, -0.2) is 0 Å². The highest BCUT2D eigenvalue weighted by atomic mass is 16.3.